The summed E-state index contributed by atoms with van der Waals surface area (Å²) in [6, 6.07) is 0. The number of amides is 1. The minimum Gasteiger partial charge on any atom is -0.481 e. The van der Waals surface area contributed by atoms with E-state index >= 15 is 0 Å². The fraction of sp³-hybridized carbons (Fsp3) is 0.889. The van der Waals surface area contributed by atoms with Gasteiger partial charge in [-0.05, 0) is 49.9 Å². The van der Waals surface area contributed by atoms with Crippen LogP contribution in [-0.4, -0.2) is 35.0 Å². The third-order valence-corrected chi connectivity index (χ3v) is 6.68. The Hall–Kier alpha value is -1.06. The van der Waals surface area contributed by atoms with Crippen LogP contribution in [0.2, 0.25) is 0 Å². The molecular weight excluding hydrogens is 278 g/mol. The molecule has 3 rings (SSSR count). The van der Waals surface area contributed by atoms with Gasteiger partial charge in [0.25, 0.3) is 0 Å². The summed E-state index contributed by atoms with van der Waals surface area (Å²) in [6.07, 6.45) is 9.56. The summed E-state index contributed by atoms with van der Waals surface area (Å²) in [6.45, 7) is 4.15. The summed E-state index contributed by atoms with van der Waals surface area (Å²) in [5.41, 5.74) is 0.344. The summed E-state index contributed by atoms with van der Waals surface area (Å²) < 4.78 is 0. The van der Waals surface area contributed by atoms with E-state index in [9.17, 15) is 9.59 Å². The highest BCUT2D eigenvalue weighted by atomic mass is 16.4. The van der Waals surface area contributed by atoms with Crippen molar-refractivity contribution in [1.82, 2.24) is 4.90 Å². The Morgan fingerprint density at radius 2 is 1.73 bits per heavy atom. The maximum Gasteiger partial charge on any atom is 0.306 e. The molecule has 1 heterocycles. The van der Waals surface area contributed by atoms with Crippen molar-refractivity contribution in [3.05, 3.63) is 0 Å². The average Bonchev–Trinajstić information content (AvgIpc) is 3.00. The van der Waals surface area contributed by atoms with Crippen molar-refractivity contribution in [2.75, 3.05) is 13.1 Å². The first-order valence-electron chi connectivity index (χ1n) is 9.03. The number of likely N-dealkylation sites (tertiary alicyclic amines) is 1. The molecule has 4 heteroatoms. The first kappa shape index (κ1) is 15.8. The summed E-state index contributed by atoms with van der Waals surface area (Å²) >= 11 is 0. The summed E-state index contributed by atoms with van der Waals surface area (Å²) in [7, 11) is 0. The van der Waals surface area contributed by atoms with Gasteiger partial charge in [-0.2, -0.15) is 0 Å². The van der Waals surface area contributed by atoms with Gasteiger partial charge in [-0.3, -0.25) is 9.59 Å². The minimum absolute atomic E-state index is 0.0462. The van der Waals surface area contributed by atoms with Gasteiger partial charge in [0.15, 0.2) is 0 Å². The lowest BCUT2D eigenvalue weighted by molar-refractivity contribution is -0.143. The highest BCUT2D eigenvalue weighted by Crippen LogP contribution is 2.47. The molecule has 1 amide bonds. The van der Waals surface area contributed by atoms with E-state index in [4.69, 9.17) is 5.11 Å². The van der Waals surface area contributed by atoms with Gasteiger partial charge in [-0.15, -0.1) is 0 Å². The summed E-state index contributed by atoms with van der Waals surface area (Å²) in [5.74, 6) is -0.129. The molecule has 22 heavy (non-hydrogen) atoms. The second kappa shape index (κ2) is 6.21. The standard InChI is InChI=1S/C18H29NO3/c1-13-7-10-19(12-18(13)8-3-2-4-9-18)16(20)14-5-6-15(11-14)17(21)22/h13-15H,2-12H2,1H3,(H,21,22)/t13?,14-,15+/m1/s1. The van der Waals surface area contributed by atoms with Gasteiger partial charge in [0.1, 0.15) is 0 Å². The van der Waals surface area contributed by atoms with Crippen molar-refractivity contribution in [2.24, 2.45) is 23.2 Å². The monoisotopic (exact) mass is 307 g/mol. The van der Waals surface area contributed by atoms with Gasteiger partial charge in [0.2, 0.25) is 5.91 Å². The Bertz CT molecular complexity index is 442. The zero-order valence-corrected chi connectivity index (χ0v) is 13.7. The first-order valence-corrected chi connectivity index (χ1v) is 9.03. The molecule has 0 aromatic carbocycles. The molecule has 2 saturated carbocycles. The van der Waals surface area contributed by atoms with Crippen molar-refractivity contribution >= 4 is 11.9 Å². The maximum absolute atomic E-state index is 12.8. The lowest BCUT2D eigenvalue weighted by Crippen LogP contribution is -2.52. The van der Waals surface area contributed by atoms with Gasteiger partial charge < -0.3 is 10.0 Å². The SMILES string of the molecule is CC1CCN(C(=O)[C@@H]2CC[C@H](C(=O)O)C2)CC12CCCCC2. The molecule has 3 atom stereocenters. The molecule has 0 aromatic heterocycles. The molecule has 4 nitrogen and oxygen atoms in total. The topological polar surface area (TPSA) is 57.6 Å². The van der Waals surface area contributed by atoms with E-state index in [0.29, 0.717) is 24.2 Å². The van der Waals surface area contributed by atoms with Gasteiger partial charge >= 0.3 is 5.97 Å². The van der Waals surface area contributed by atoms with Crippen LogP contribution in [0.3, 0.4) is 0 Å². The van der Waals surface area contributed by atoms with E-state index in [1.807, 2.05) is 0 Å². The molecule has 124 valence electrons. The molecule has 1 spiro atoms. The third-order valence-electron chi connectivity index (χ3n) is 6.68. The van der Waals surface area contributed by atoms with Gasteiger partial charge in [0, 0.05) is 19.0 Å². The smallest absolute Gasteiger partial charge is 0.306 e. The molecule has 0 aromatic rings. The normalized spacial score (nSPS) is 34.8. The lowest BCUT2D eigenvalue weighted by atomic mass is 9.63. The first-order chi connectivity index (χ1) is 10.5. The number of carboxylic acids is 1. The third kappa shape index (κ3) is 2.89. The number of rotatable bonds is 2. The van der Waals surface area contributed by atoms with E-state index in [0.717, 1.165) is 25.9 Å². The van der Waals surface area contributed by atoms with Gasteiger partial charge in [0.05, 0.1) is 5.92 Å². The molecule has 1 aliphatic heterocycles. The van der Waals surface area contributed by atoms with Crippen LogP contribution < -0.4 is 0 Å². The Balaban J connectivity index is 1.65. The summed E-state index contributed by atoms with van der Waals surface area (Å²) in [5, 5.41) is 9.13. The van der Waals surface area contributed by atoms with Gasteiger partial charge in [-0.1, -0.05) is 26.2 Å². The van der Waals surface area contributed by atoms with Crippen molar-refractivity contribution in [1.29, 1.82) is 0 Å². The van der Waals surface area contributed by atoms with Crippen LogP contribution in [0, 0.1) is 23.2 Å². The molecule has 2 aliphatic carbocycles. The molecule has 3 fully saturated rings. The molecule has 3 aliphatic rings. The Kier molecular flexibility index (Phi) is 4.47. The number of nitrogens with zero attached hydrogens (tertiary/aromatic N) is 1. The van der Waals surface area contributed by atoms with Crippen LogP contribution in [-0.2, 0) is 9.59 Å². The number of aliphatic carboxylic acids is 1. The van der Waals surface area contributed by atoms with Crippen molar-refractivity contribution in [3.8, 4) is 0 Å². The highest BCUT2D eigenvalue weighted by molar-refractivity contribution is 5.81. The lowest BCUT2D eigenvalue weighted by Gasteiger charge is -2.50. The number of carboxylic acid groups (broad SMARTS) is 1. The zero-order chi connectivity index (χ0) is 15.7. The molecular formula is C18H29NO3. The molecule has 0 radical (unpaired) electrons. The average molecular weight is 307 g/mol. The number of hydrogen-bond donors (Lipinski definition) is 1. The quantitative estimate of drug-likeness (QED) is 0.851. The molecule has 1 unspecified atom stereocenters. The highest BCUT2D eigenvalue weighted by Gasteiger charge is 2.44. The summed E-state index contributed by atoms with van der Waals surface area (Å²) in [4.78, 5) is 26.0. The van der Waals surface area contributed by atoms with Crippen LogP contribution in [0.4, 0.5) is 0 Å². The number of piperidine rings is 1. The Morgan fingerprint density at radius 3 is 2.36 bits per heavy atom. The zero-order valence-electron chi connectivity index (χ0n) is 13.7. The predicted octanol–water partition coefficient (Wildman–Crippen LogP) is 3.31. The second-order valence-corrected chi connectivity index (χ2v) is 7.92. The number of carbonyl (C=O) groups excluding carboxylic acids is 1. The van der Waals surface area contributed by atoms with E-state index < -0.39 is 5.97 Å². The van der Waals surface area contributed by atoms with Crippen molar-refractivity contribution in [2.45, 2.75) is 64.7 Å². The van der Waals surface area contributed by atoms with Crippen LogP contribution in [0.1, 0.15) is 64.7 Å². The van der Waals surface area contributed by atoms with Gasteiger partial charge in [-0.25, -0.2) is 0 Å². The fourth-order valence-electron chi connectivity index (χ4n) is 5.05. The van der Waals surface area contributed by atoms with Crippen molar-refractivity contribution < 1.29 is 14.7 Å². The van der Waals surface area contributed by atoms with E-state index in [1.165, 1.54) is 32.1 Å². The van der Waals surface area contributed by atoms with Crippen LogP contribution in [0.5, 0.6) is 0 Å². The van der Waals surface area contributed by atoms with Crippen LogP contribution >= 0.6 is 0 Å². The van der Waals surface area contributed by atoms with Crippen molar-refractivity contribution in [3.63, 3.8) is 0 Å². The second-order valence-electron chi connectivity index (χ2n) is 7.92. The predicted molar refractivity (Wildman–Crippen MR) is 84.3 cm³/mol. The maximum atomic E-state index is 12.8. The van der Waals surface area contributed by atoms with E-state index in [2.05, 4.69) is 11.8 Å². The van der Waals surface area contributed by atoms with E-state index in [1.54, 1.807) is 0 Å². The molecule has 1 N–H and O–H groups in total. The minimum atomic E-state index is -0.730. The Labute approximate surface area is 133 Å². The molecule has 0 bridgehead atoms. The van der Waals surface area contributed by atoms with E-state index in [-0.39, 0.29) is 17.7 Å². The fourth-order valence-corrected chi connectivity index (χ4v) is 5.05. The van der Waals surface area contributed by atoms with Crippen LogP contribution in [0.25, 0.3) is 0 Å². The number of hydrogen-bond acceptors (Lipinski definition) is 2. The largest absolute Gasteiger partial charge is 0.481 e. The molecule has 1 saturated heterocycles. The number of carbonyl (C=O) groups is 2. The van der Waals surface area contributed by atoms with Crippen LogP contribution in [0.15, 0.2) is 0 Å². The Morgan fingerprint density at radius 1 is 1.05 bits per heavy atom.